The first-order valence-electron chi connectivity index (χ1n) is 11.2. The van der Waals surface area contributed by atoms with Crippen LogP contribution in [0.4, 0.5) is 26.3 Å². The van der Waals surface area contributed by atoms with Gasteiger partial charge in [0.05, 0.1) is 18.7 Å². The van der Waals surface area contributed by atoms with Gasteiger partial charge in [-0.1, -0.05) is 24.0 Å². The summed E-state index contributed by atoms with van der Waals surface area (Å²) in [4.78, 5) is 13.7. The molecular weight excluding hydrogens is 460 g/mol. The number of nitrogens with zero attached hydrogens (tertiary/aromatic N) is 1. The summed E-state index contributed by atoms with van der Waals surface area (Å²) in [6, 6.07) is 3.47. The van der Waals surface area contributed by atoms with E-state index in [0.717, 1.165) is 12.1 Å². The molecule has 9 heteroatoms. The second-order valence-corrected chi connectivity index (χ2v) is 9.73. The standard InChI is InChI=1S/C25H31F6NO2/c1-23(2,3)12-9-20(10-13-24(26,27)28)32-14-11-17(16-22(33)34-4)15-21(32)18-5-7-19(8-6-18)25(29,30)31/h5-8,17,20-21H,10-11,13-16H2,1-4H3/t17-,20-,21+/m1/s1. The molecule has 0 aliphatic carbocycles. The number of hydrogen-bond acceptors (Lipinski definition) is 3. The van der Waals surface area contributed by atoms with Crippen LogP contribution in [0.3, 0.4) is 0 Å². The average molecular weight is 492 g/mol. The van der Waals surface area contributed by atoms with E-state index < -0.39 is 47.8 Å². The van der Waals surface area contributed by atoms with Crippen LogP contribution >= 0.6 is 0 Å². The monoisotopic (exact) mass is 491 g/mol. The smallest absolute Gasteiger partial charge is 0.416 e. The zero-order chi connectivity index (χ0) is 25.7. The Bertz CT molecular complexity index is 874. The van der Waals surface area contributed by atoms with Crippen LogP contribution in [-0.2, 0) is 15.7 Å². The molecule has 34 heavy (non-hydrogen) atoms. The molecule has 1 fully saturated rings. The molecule has 0 aromatic heterocycles. The molecule has 1 saturated heterocycles. The number of methoxy groups -OCH3 is 1. The van der Waals surface area contributed by atoms with Gasteiger partial charge < -0.3 is 4.74 Å². The summed E-state index contributed by atoms with van der Waals surface area (Å²) < 4.78 is 83.1. The van der Waals surface area contributed by atoms with Gasteiger partial charge in [0.1, 0.15) is 0 Å². The Balaban J connectivity index is 2.42. The molecule has 3 nitrogen and oxygen atoms in total. The lowest BCUT2D eigenvalue weighted by Gasteiger charge is -2.43. The van der Waals surface area contributed by atoms with Gasteiger partial charge in [-0.3, -0.25) is 9.69 Å². The number of hydrogen-bond donors (Lipinski definition) is 0. The molecule has 1 aliphatic heterocycles. The van der Waals surface area contributed by atoms with Gasteiger partial charge in [-0.25, -0.2) is 0 Å². The van der Waals surface area contributed by atoms with Crippen molar-refractivity contribution in [3.05, 3.63) is 35.4 Å². The number of esters is 1. The van der Waals surface area contributed by atoms with Crippen molar-refractivity contribution in [3.63, 3.8) is 0 Å². The quantitative estimate of drug-likeness (QED) is 0.250. The molecule has 1 aromatic carbocycles. The van der Waals surface area contributed by atoms with E-state index in [1.807, 2.05) is 25.7 Å². The van der Waals surface area contributed by atoms with Gasteiger partial charge in [0.2, 0.25) is 0 Å². The third kappa shape index (κ3) is 8.86. The third-order valence-electron chi connectivity index (χ3n) is 5.77. The molecule has 0 saturated carbocycles. The third-order valence-corrected chi connectivity index (χ3v) is 5.77. The zero-order valence-corrected chi connectivity index (χ0v) is 19.8. The number of carbonyl (C=O) groups is 1. The van der Waals surface area contributed by atoms with Gasteiger partial charge in [0.15, 0.2) is 0 Å². The van der Waals surface area contributed by atoms with Gasteiger partial charge in [-0.05, 0) is 63.6 Å². The number of carbonyl (C=O) groups excluding carboxylic acids is 1. The number of alkyl halides is 6. The Morgan fingerprint density at radius 1 is 1.12 bits per heavy atom. The van der Waals surface area contributed by atoms with E-state index in [1.165, 1.54) is 19.2 Å². The molecule has 1 aromatic rings. The van der Waals surface area contributed by atoms with E-state index in [9.17, 15) is 31.1 Å². The Morgan fingerprint density at radius 2 is 1.74 bits per heavy atom. The number of likely N-dealkylation sites (tertiary alicyclic amines) is 1. The predicted molar refractivity (Wildman–Crippen MR) is 117 cm³/mol. The molecule has 0 unspecified atom stereocenters. The number of piperidine rings is 1. The molecule has 0 bridgehead atoms. The van der Waals surface area contributed by atoms with E-state index in [2.05, 4.69) is 11.8 Å². The summed E-state index contributed by atoms with van der Waals surface area (Å²) in [5.41, 5.74) is -0.674. The van der Waals surface area contributed by atoms with Gasteiger partial charge in [0.25, 0.3) is 0 Å². The largest absolute Gasteiger partial charge is 0.469 e. The lowest BCUT2D eigenvalue weighted by atomic mass is 9.83. The van der Waals surface area contributed by atoms with Crippen molar-refractivity contribution in [2.45, 2.75) is 77.3 Å². The van der Waals surface area contributed by atoms with Crippen LogP contribution in [0, 0.1) is 23.2 Å². The molecule has 0 spiro atoms. The summed E-state index contributed by atoms with van der Waals surface area (Å²) in [6.45, 7) is 5.94. The lowest BCUT2D eigenvalue weighted by molar-refractivity contribution is -0.143. The molecule has 1 heterocycles. The first-order valence-corrected chi connectivity index (χ1v) is 11.2. The maximum Gasteiger partial charge on any atom is 0.416 e. The fraction of sp³-hybridized carbons (Fsp3) is 0.640. The van der Waals surface area contributed by atoms with E-state index in [4.69, 9.17) is 4.74 Å². The normalized spacial score (nSPS) is 20.9. The van der Waals surface area contributed by atoms with Crippen molar-refractivity contribution < 1.29 is 35.9 Å². The Kier molecular flexibility index (Phi) is 9.09. The summed E-state index contributed by atoms with van der Waals surface area (Å²) in [5, 5.41) is 0. The first kappa shape index (κ1) is 28.0. The number of rotatable bonds is 6. The van der Waals surface area contributed by atoms with Crippen molar-refractivity contribution in [2.75, 3.05) is 13.7 Å². The fourth-order valence-electron chi connectivity index (χ4n) is 4.08. The topological polar surface area (TPSA) is 29.5 Å². The maximum atomic E-state index is 13.1. The van der Waals surface area contributed by atoms with Crippen molar-refractivity contribution in [2.24, 2.45) is 11.3 Å². The van der Waals surface area contributed by atoms with E-state index in [0.29, 0.717) is 24.9 Å². The van der Waals surface area contributed by atoms with Crippen LogP contribution in [0.15, 0.2) is 24.3 Å². The molecular formula is C25H31F6NO2. The van der Waals surface area contributed by atoms with E-state index in [-0.39, 0.29) is 18.8 Å². The number of halogens is 6. The van der Waals surface area contributed by atoms with Gasteiger partial charge in [0, 0.05) is 30.8 Å². The van der Waals surface area contributed by atoms with E-state index in [1.54, 1.807) is 0 Å². The Morgan fingerprint density at radius 3 is 2.24 bits per heavy atom. The summed E-state index contributed by atoms with van der Waals surface area (Å²) in [6.07, 6.45) is -9.02. The van der Waals surface area contributed by atoms with Crippen molar-refractivity contribution in [1.29, 1.82) is 0 Å². The minimum Gasteiger partial charge on any atom is -0.469 e. The molecule has 1 aliphatic rings. The highest BCUT2D eigenvalue weighted by Crippen LogP contribution is 2.40. The van der Waals surface area contributed by atoms with Crippen LogP contribution in [0.1, 0.15) is 70.0 Å². The van der Waals surface area contributed by atoms with Gasteiger partial charge in [-0.15, -0.1) is 0 Å². The average Bonchev–Trinajstić information content (AvgIpc) is 2.72. The van der Waals surface area contributed by atoms with Crippen molar-refractivity contribution in [1.82, 2.24) is 4.90 Å². The predicted octanol–water partition coefficient (Wildman–Crippen LogP) is 6.78. The van der Waals surface area contributed by atoms with Crippen molar-refractivity contribution in [3.8, 4) is 11.8 Å². The summed E-state index contributed by atoms with van der Waals surface area (Å²) >= 11 is 0. The second kappa shape index (κ2) is 11.0. The highest BCUT2D eigenvalue weighted by molar-refractivity contribution is 5.69. The minimum atomic E-state index is -4.49. The number of ether oxygens (including phenoxy) is 1. The van der Waals surface area contributed by atoms with Gasteiger partial charge in [-0.2, -0.15) is 26.3 Å². The Hall–Kier alpha value is -2.21. The van der Waals surface area contributed by atoms with Crippen molar-refractivity contribution >= 4 is 5.97 Å². The van der Waals surface area contributed by atoms with Crippen LogP contribution in [-0.4, -0.2) is 36.7 Å². The molecule has 3 atom stereocenters. The second-order valence-electron chi connectivity index (χ2n) is 9.73. The molecule has 0 radical (unpaired) electrons. The van der Waals surface area contributed by atoms with Crippen LogP contribution < -0.4 is 0 Å². The summed E-state index contributed by atoms with van der Waals surface area (Å²) in [7, 11) is 1.28. The van der Waals surface area contributed by atoms with E-state index >= 15 is 0 Å². The molecule has 2 rings (SSSR count). The molecule has 190 valence electrons. The minimum absolute atomic E-state index is 0.102. The highest BCUT2D eigenvalue weighted by Gasteiger charge is 2.37. The number of benzene rings is 1. The molecule has 0 N–H and O–H groups in total. The summed E-state index contributed by atoms with van der Waals surface area (Å²) in [5.74, 6) is 5.54. The SMILES string of the molecule is COC(=O)C[C@@H]1CCN([C@H](C#CC(C)(C)C)CCC(F)(F)F)[C@H](c2ccc(C(F)(F)F)cc2)C1. The zero-order valence-electron chi connectivity index (χ0n) is 19.8. The van der Waals surface area contributed by atoms with Crippen LogP contribution in [0.5, 0.6) is 0 Å². The van der Waals surface area contributed by atoms with Crippen LogP contribution in [0.2, 0.25) is 0 Å². The highest BCUT2D eigenvalue weighted by atomic mass is 19.4. The fourth-order valence-corrected chi connectivity index (χ4v) is 4.08. The van der Waals surface area contributed by atoms with Gasteiger partial charge >= 0.3 is 18.3 Å². The lowest BCUT2D eigenvalue weighted by Crippen LogP contribution is -2.44. The Labute approximate surface area is 196 Å². The molecule has 0 amide bonds. The maximum absolute atomic E-state index is 13.1. The first-order chi connectivity index (χ1) is 15.6. The van der Waals surface area contributed by atoms with Crippen LogP contribution in [0.25, 0.3) is 0 Å².